The molecule has 0 saturated carbocycles. The van der Waals surface area contributed by atoms with Gasteiger partial charge in [-0.15, -0.1) is 0 Å². The number of carbonyl (C=O) groups is 1. The van der Waals surface area contributed by atoms with Gasteiger partial charge in [-0.25, -0.2) is 0 Å². The van der Waals surface area contributed by atoms with Crippen molar-refractivity contribution in [3.63, 3.8) is 0 Å². The number of ketones is 1. The number of halogens is 3. The SMILES string of the molecule is CC(C)c1ccc(C(=O)/C=C/c2ccc(COc3cccc(C(F)(F)F)c3)o2)cc1. The molecule has 30 heavy (non-hydrogen) atoms. The molecule has 3 rings (SSSR count). The Morgan fingerprint density at radius 2 is 1.80 bits per heavy atom. The zero-order chi connectivity index (χ0) is 21.7. The molecule has 156 valence electrons. The van der Waals surface area contributed by atoms with Gasteiger partial charge in [-0.3, -0.25) is 4.79 Å². The second-order valence-corrected chi connectivity index (χ2v) is 7.09. The van der Waals surface area contributed by atoms with Gasteiger partial charge < -0.3 is 9.15 Å². The van der Waals surface area contributed by atoms with Crippen LogP contribution in [0, 0.1) is 0 Å². The monoisotopic (exact) mass is 414 g/mol. The molecule has 0 amide bonds. The highest BCUT2D eigenvalue weighted by Crippen LogP contribution is 2.31. The molecule has 0 unspecified atom stereocenters. The summed E-state index contributed by atoms with van der Waals surface area (Å²) < 4.78 is 49.2. The molecule has 0 bridgehead atoms. The molecular weight excluding hydrogens is 393 g/mol. The normalized spacial score (nSPS) is 11.9. The van der Waals surface area contributed by atoms with E-state index in [0.29, 0.717) is 23.0 Å². The summed E-state index contributed by atoms with van der Waals surface area (Å²) in [5.41, 5.74) is 0.963. The number of furan rings is 1. The molecule has 0 spiro atoms. The molecule has 2 aromatic carbocycles. The smallest absolute Gasteiger partial charge is 0.416 e. The van der Waals surface area contributed by atoms with Crippen molar-refractivity contribution in [2.24, 2.45) is 0 Å². The Balaban J connectivity index is 1.59. The van der Waals surface area contributed by atoms with Crippen LogP contribution >= 0.6 is 0 Å². The van der Waals surface area contributed by atoms with Crippen LogP contribution in [0.25, 0.3) is 6.08 Å². The van der Waals surface area contributed by atoms with Gasteiger partial charge in [0.05, 0.1) is 5.56 Å². The second kappa shape index (κ2) is 9.03. The lowest BCUT2D eigenvalue weighted by molar-refractivity contribution is -0.137. The average molecular weight is 414 g/mol. The van der Waals surface area contributed by atoms with Crippen molar-refractivity contribution in [1.29, 1.82) is 0 Å². The maximum absolute atomic E-state index is 12.8. The minimum Gasteiger partial charge on any atom is -0.486 e. The van der Waals surface area contributed by atoms with Gasteiger partial charge in [0.25, 0.3) is 0 Å². The summed E-state index contributed by atoms with van der Waals surface area (Å²) in [5, 5.41) is 0. The van der Waals surface area contributed by atoms with Gasteiger partial charge in [0.1, 0.15) is 23.9 Å². The summed E-state index contributed by atoms with van der Waals surface area (Å²) >= 11 is 0. The van der Waals surface area contributed by atoms with Gasteiger partial charge in [0, 0.05) is 5.56 Å². The van der Waals surface area contributed by atoms with Crippen molar-refractivity contribution in [1.82, 2.24) is 0 Å². The summed E-state index contributed by atoms with van der Waals surface area (Å²) in [7, 11) is 0. The first-order valence-corrected chi connectivity index (χ1v) is 9.43. The molecule has 1 heterocycles. The number of ether oxygens (including phenoxy) is 1. The van der Waals surface area contributed by atoms with Gasteiger partial charge >= 0.3 is 6.18 Å². The fourth-order valence-corrected chi connectivity index (χ4v) is 2.76. The number of hydrogen-bond donors (Lipinski definition) is 0. The largest absolute Gasteiger partial charge is 0.486 e. The lowest BCUT2D eigenvalue weighted by Crippen LogP contribution is -2.05. The highest BCUT2D eigenvalue weighted by atomic mass is 19.4. The minimum atomic E-state index is -4.43. The minimum absolute atomic E-state index is 0.0280. The van der Waals surface area contributed by atoms with Crippen LogP contribution in [0.5, 0.6) is 5.75 Å². The Labute approximate surface area is 172 Å². The topological polar surface area (TPSA) is 39.4 Å². The summed E-state index contributed by atoms with van der Waals surface area (Å²) in [5.74, 6) is 1.22. The van der Waals surface area contributed by atoms with E-state index in [1.54, 1.807) is 30.3 Å². The summed E-state index contributed by atoms with van der Waals surface area (Å²) in [6.45, 7) is 4.14. The quantitative estimate of drug-likeness (QED) is 0.312. The van der Waals surface area contributed by atoms with E-state index in [1.165, 1.54) is 18.2 Å². The van der Waals surface area contributed by atoms with Crippen LogP contribution in [0.3, 0.4) is 0 Å². The molecule has 0 radical (unpaired) electrons. The van der Waals surface area contributed by atoms with Gasteiger partial charge in [-0.2, -0.15) is 13.2 Å². The third-order valence-corrected chi connectivity index (χ3v) is 4.49. The molecule has 0 aliphatic heterocycles. The second-order valence-electron chi connectivity index (χ2n) is 7.09. The predicted molar refractivity (Wildman–Crippen MR) is 108 cm³/mol. The zero-order valence-electron chi connectivity index (χ0n) is 16.6. The molecule has 0 N–H and O–H groups in total. The van der Waals surface area contributed by atoms with Gasteiger partial charge in [0.2, 0.25) is 0 Å². The summed E-state index contributed by atoms with van der Waals surface area (Å²) in [6, 6.07) is 15.4. The van der Waals surface area contributed by atoms with Crippen molar-refractivity contribution in [3.05, 3.63) is 95.0 Å². The standard InChI is InChI=1S/C24H21F3O3/c1-16(2)17-6-8-18(9-7-17)23(28)13-12-20-10-11-22(30-20)15-29-21-5-3-4-19(14-21)24(25,26)27/h3-14,16H,15H2,1-2H3/b13-12+. The van der Waals surface area contributed by atoms with Crippen molar-refractivity contribution < 1.29 is 27.1 Å². The number of allylic oxidation sites excluding steroid dienone is 1. The van der Waals surface area contributed by atoms with E-state index in [0.717, 1.165) is 17.7 Å². The van der Waals surface area contributed by atoms with E-state index in [-0.39, 0.29) is 18.1 Å². The molecule has 3 aromatic rings. The first kappa shape index (κ1) is 21.4. The van der Waals surface area contributed by atoms with Crippen molar-refractivity contribution in [3.8, 4) is 5.75 Å². The van der Waals surface area contributed by atoms with E-state index in [2.05, 4.69) is 13.8 Å². The number of benzene rings is 2. The fourth-order valence-electron chi connectivity index (χ4n) is 2.76. The molecule has 0 aliphatic carbocycles. The number of hydrogen-bond acceptors (Lipinski definition) is 3. The van der Waals surface area contributed by atoms with Gasteiger partial charge in [-0.1, -0.05) is 44.2 Å². The highest BCUT2D eigenvalue weighted by molar-refractivity contribution is 6.06. The van der Waals surface area contributed by atoms with E-state index in [1.807, 2.05) is 12.1 Å². The predicted octanol–water partition coefficient (Wildman–Crippen LogP) is 6.90. The van der Waals surface area contributed by atoms with E-state index >= 15 is 0 Å². The first-order chi connectivity index (χ1) is 14.2. The van der Waals surface area contributed by atoms with Crippen molar-refractivity contribution in [2.75, 3.05) is 0 Å². The summed E-state index contributed by atoms with van der Waals surface area (Å²) in [6.07, 6.45) is -1.46. The molecule has 0 fully saturated rings. The van der Waals surface area contributed by atoms with Gasteiger partial charge in [-0.05, 0) is 54.0 Å². The third-order valence-electron chi connectivity index (χ3n) is 4.49. The fraction of sp³-hybridized carbons (Fsp3) is 0.208. The van der Waals surface area contributed by atoms with Crippen LogP contribution in [-0.4, -0.2) is 5.78 Å². The number of carbonyl (C=O) groups excluding carboxylic acids is 1. The average Bonchev–Trinajstić information content (AvgIpc) is 3.18. The van der Waals surface area contributed by atoms with E-state index < -0.39 is 11.7 Å². The Hall–Kier alpha value is -3.28. The first-order valence-electron chi connectivity index (χ1n) is 9.43. The van der Waals surface area contributed by atoms with Crippen molar-refractivity contribution >= 4 is 11.9 Å². The van der Waals surface area contributed by atoms with E-state index in [4.69, 9.17) is 9.15 Å². The molecular formula is C24H21F3O3. The number of alkyl halides is 3. The number of rotatable bonds is 7. The Bertz CT molecular complexity index is 1030. The van der Waals surface area contributed by atoms with E-state index in [9.17, 15) is 18.0 Å². The van der Waals surface area contributed by atoms with Crippen molar-refractivity contribution in [2.45, 2.75) is 32.5 Å². The molecule has 0 atom stereocenters. The van der Waals surface area contributed by atoms with Crippen LogP contribution < -0.4 is 4.74 Å². The molecule has 0 saturated heterocycles. The van der Waals surface area contributed by atoms with Crippen LogP contribution in [0.1, 0.15) is 52.8 Å². The van der Waals surface area contributed by atoms with Crippen LogP contribution in [-0.2, 0) is 12.8 Å². The summed E-state index contributed by atoms with van der Waals surface area (Å²) in [4.78, 5) is 12.3. The Kier molecular flexibility index (Phi) is 6.45. The van der Waals surface area contributed by atoms with Crippen LogP contribution in [0.2, 0.25) is 0 Å². The third kappa shape index (κ3) is 5.63. The molecule has 3 nitrogen and oxygen atoms in total. The maximum atomic E-state index is 12.8. The van der Waals surface area contributed by atoms with Crippen LogP contribution in [0.15, 0.2) is 71.2 Å². The maximum Gasteiger partial charge on any atom is 0.416 e. The lowest BCUT2D eigenvalue weighted by Gasteiger charge is -2.09. The Morgan fingerprint density at radius 3 is 2.47 bits per heavy atom. The lowest BCUT2D eigenvalue weighted by atomic mass is 10.0. The van der Waals surface area contributed by atoms with Gasteiger partial charge in [0.15, 0.2) is 5.78 Å². The zero-order valence-corrected chi connectivity index (χ0v) is 16.6. The molecule has 6 heteroatoms. The Morgan fingerprint density at radius 1 is 1.07 bits per heavy atom. The molecule has 0 aliphatic rings. The van der Waals surface area contributed by atoms with Crippen LogP contribution in [0.4, 0.5) is 13.2 Å². The molecule has 1 aromatic heterocycles. The highest BCUT2D eigenvalue weighted by Gasteiger charge is 2.30.